The van der Waals surface area contributed by atoms with E-state index in [4.69, 9.17) is 9.15 Å². The van der Waals surface area contributed by atoms with Crippen LogP contribution in [-0.4, -0.2) is 42.7 Å². The largest absolute Gasteiger partial charge is 0.461 e. The Morgan fingerprint density at radius 2 is 2.38 bits per heavy atom. The maximum atomic E-state index is 11.7. The molecule has 1 fully saturated rings. The molecule has 1 aromatic heterocycles. The lowest BCUT2D eigenvalue weighted by Gasteiger charge is -2.32. The first-order chi connectivity index (χ1) is 10.1. The SMILES string of the molecule is CCOC(=O)c1coc(N(CC2CCCCN2)C(C)C)n1. The van der Waals surface area contributed by atoms with Crippen molar-refractivity contribution in [3.63, 3.8) is 0 Å². The Morgan fingerprint density at radius 1 is 1.57 bits per heavy atom. The number of hydrogen-bond donors (Lipinski definition) is 1. The molecule has 0 bridgehead atoms. The Hall–Kier alpha value is -1.56. The molecular weight excluding hydrogens is 270 g/mol. The highest BCUT2D eigenvalue weighted by Gasteiger charge is 2.23. The van der Waals surface area contributed by atoms with Gasteiger partial charge in [-0.25, -0.2) is 4.79 Å². The van der Waals surface area contributed by atoms with E-state index in [9.17, 15) is 4.79 Å². The topological polar surface area (TPSA) is 67.6 Å². The van der Waals surface area contributed by atoms with Gasteiger partial charge in [0.05, 0.1) is 6.61 Å². The third-order valence-electron chi connectivity index (χ3n) is 3.68. The van der Waals surface area contributed by atoms with Gasteiger partial charge in [-0.1, -0.05) is 6.42 Å². The van der Waals surface area contributed by atoms with Crippen LogP contribution in [0.25, 0.3) is 0 Å². The second kappa shape index (κ2) is 7.45. The summed E-state index contributed by atoms with van der Waals surface area (Å²) in [5, 5.41) is 3.52. The van der Waals surface area contributed by atoms with E-state index in [0.717, 1.165) is 19.5 Å². The fourth-order valence-corrected chi connectivity index (χ4v) is 2.52. The van der Waals surface area contributed by atoms with Gasteiger partial charge >= 0.3 is 5.97 Å². The van der Waals surface area contributed by atoms with E-state index < -0.39 is 5.97 Å². The standard InChI is InChI=1S/C15H25N3O3/c1-4-20-14(19)13-10-21-15(17-13)18(11(2)3)9-12-7-5-6-8-16-12/h10-12,16H,4-9H2,1-3H3. The number of hydrogen-bond acceptors (Lipinski definition) is 6. The molecule has 0 aliphatic carbocycles. The number of carbonyl (C=O) groups is 1. The number of anilines is 1. The van der Waals surface area contributed by atoms with Gasteiger partial charge in [-0.05, 0) is 40.2 Å². The first-order valence-electron chi connectivity index (χ1n) is 7.74. The molecule has 0 spiro atoms. The van der Waals surface area contributed by atoms with E-state index in [-0.39, 0.29) is 11.7 Å². The average molecular weight is 295 g/mol. The Balaban J connectivity index is 2.05. The van der Waals surface area contributed by atoms with Crippen molar-refractivity contribution in [3.8, 4) is 0 Å². The highest BCUT2D eigenvalue weighted by Crippen LogP contribution is 2.19. The highest BCUT2D eigenvalue weighted by atomic mass is 16.5. The number of ether oxygens (including phenoxy) is 1. The van der Waals surface area contributed by atoms with Crippen LogP contribution in [0.1, 0.15) is 50.5 Å². The average Bonchev–Trinajstić information content (AvgIpc) is 2.95. The number of piperidine rings is 1. The van der Waals surface area contributed by atoms with Crippen molar-refractivity contribution in [2.24, 2.45) is 0 Å². The molecule has 0 amide bonds. The van der Waals surface area contributed by atoms with Crippen LogP contribution in [0.4, 0.5) is 6.01 Å². The third kappa shape index (κ3) is 4.20. The predicted octanol–water partition coefficient (Wildman–Crippen LogP) is 2.21. The summed E-state index contributed by atoms with van der Waals surface area (Å²) in [4.78, 5) is 18.0. The Bertz CT molecular complexity index is 453. The van der Waals surface area contributed by atoms with E-state index in [2.05, 4.69) is 29.0 Å². The van der Waals surface area contributed by atoms with Crippen LogP contribution in [0.5, 0.6) is 0 Å². The van der Waals surface area contributed by atoms with Crippen molar-refractivity contribution in [1.29, 1.82) is 0 Å². The molecule has 2 heterocycles. The molecule has 6 heteroatoms. The summed E-state index contributed by atoms with van der Waals surface area (Å²) in [6.45, 7) is 8.19. The molecule has 1 aromatic rings. The van der Waals surface area contributed by atoms with Gasteiger partial charge in [0.15, 0.2) is 5.69 Å². The lowest BCUT2D eigenvalue weighted by atomic mass is 10.0. The van der Waals surface area contributed by atoms with Crippen LogP contribution in [0.15, 0.2) is 10.7 Å². The molecule has 0 saturated carbocycles. The maximum absolute atomic E-state index is 11.7. The van der Waals surface area contributed by atoms with E-state index >= 15 is 0 Å². The van der Waals surface area contributed by atoms with Crippen LogP contribution < -0.4 is 10.2 Å². The lowest BCUT2D eigenvalue weighted by Crippen LogP contribution is -2.46. The minimum atomic E-state index is -0.438. The summed E-state index contributed by atoms with van der Waals surface area (Å²) in [6.07, 6.45) is 5.03. The Morgan fingerprint density at radius 3 is 3.00 bits per heavy atom. The second-order valence-electron chi connectivity index (χ2n) is 5.63. The van der Waals surface area contributed by atoms with Crippen LogP contribution >= 0.6 is 0 Å². The smallest absolute Gasteiger partial charge is 0.360 e. The zero-order valence-corrected chi connectivity index (χ0v) is 13.1. The Kier molecular flexibility index (Phi) is 5.61. The summed E-state index contributed by atoms with van der Waals surface area (Å²) in [6, 6.07) is 1.18. The minimum Gasteiger partial charge on any atom is -0.461 e. The molecule has 1 atom stereocenters. The number of nitrogens with one attached hydrogen (secondary N) is 1. The van der Waals surface area contributed by atoms with Gasteiger partial charge in [0.2, 0.25) is 0 Å². The predicted molar refractivity (Wildman–Crippen MR) is 80.6 cm³/mol. The van der Waals surface area contributed by atoms with Crippen molar-refractivity contribution in [3.05, 3.63) is 12.0 Å². The van der Waals surface area contributed by atoms with Crippen LogP contribution in [0, 0.1) is 0 Å². The summed E-state index contributed by atoms with van der Waals surface area (Å²) in [5.74, 6) is -0.438. The summed E-state index contributed by atoms with van der Waals surface area (Å²) < 4.78 is 10.4. The quantitative estimate of drug-likeness (QED) is 0.812. The molecule has 21 heavy (non-hydrogen) atoms. The number of nitrogens with zero attached hydrogens (tertiary/aromatic N) is 2. The number of esters is 1. The molecule has 0 radical (unpaired) electrons. The van der Waals surface area contributed by atoms with Crippen LogP contribution in [-0.2, 0) is 4.74 Å². The van der Waals surface area contributed by atoms with Gasteiger partial charge in [-0.3, -0.25) is 0 Å². The Labute approximate surface area is 125 Å². The van der Waals surface area contributed by atoms with Gasteiger partial charge in [0, 0.05) is 18.6 Å². The van der Waals surface area contributed by atoms with Gasteiger partial charge in [0.25, 0.3) is 6.01 Å². The van der Waals surface area contributed by atoms with Gasteiger partial charge in [0.1, 0.15) is 6.26 Å². The molecule has 1 N–H and O–H groups in total. The molecule has 6 nitrogen and oxygen atoms in total. The van der Waals surface area contributed by atoms with Gasteiger partial charge < -0.3 is 19.4 Å². The third-order valence-corrected chi connectivity index (χ3v) is 3.68. The summed E-state index contributed by atoms with van der Waals surface area (Å²) in [5.41, 5.74) is 0.231. The highest BCUT2D eigenvalue weighted by molar-refractivity contribution is 5.87. The number of oxazole rings is 1. The van der Waals surface area contributed by atoms with Crippen molar-refractivity contribution >= 4 is 12.0 Å². The fourth-order valence-electron chi connectivity index (χ4n) is 2.52. The molecule has 1 aliphatic heterocycles. The van der Waals surface area contributed by atoms with Gasteiger partial charge in [-0.2, -0.15) is 4.98 Å². The van der Waals surface area contributed by atoms with Crippen molar-refractivity contribution in [2.45, 2.75) is 52.1 Å². The molecule has 2 rings (SSSR count). The summed E-state index contributed by atoms with van der Waals surface area (Å²) in [7, 11) is 0. The first-order valence-corrected chi connectivity index (χ1v) is 7.74. The van der Waals surface area contributed by atoms with E-state index in [1.54, 1.807) is 6.92 Å². The fraction of sp³-hybridized carbons (Fsp3) is 0.733. The molecule has 0 aromatic carbocycles. The number of aromatic nitrogens is 1. The van der Waals surface area contributed by atoms with E-state index in [0.29, 0.717) is 18.7 Å². The van der Waals surface area contributed by atoms with E-state index in [1.807, 2.05) is 0 Å². The van der Waals surface area contributed by atoms with Gasteiger partial charge in [-0.15, -0.1) is 0 Å². The second-order valence-corrected chi connectivity index (χ2v) is 5.63. The maximum Gasteiger partial charge on any atom is 0.360 e. The first kappa shape index (κ1) is 15.8. The number of carbonyl (C=O) groups excluding carboxylic acids is 1. The van der Waals surface area contributed by atoms with E-state index in [1.165, 1.54) is 19.1 Å². The molecule has 118 valence electrons. The van der Waals surface area contributed by atoms with Crippen molar-refractivity contribution < 1.29 is 13.9 Å². The summed E-state index contributed by atoms with van der Waals surface area (Å²) >= 11 is 0. The zero-order valence-electron chi connectivity index (χ0n) is 13.1. The minimum absolute atomic E-state index is 0.231. The monoisotopic (exact) mass is 295 g/mol. The van der Waals surface area contributed by atoms with Crippen LogP contribution in [0.2, 0.25) is 0 Å². The lowest BCUT2D eigenvalue weighted by molar-refractivity contribution is 0.0519. The van der Waals surface area contributed by atoms with Crippen LogP contribution in [0.3, 0.4) is 0 Å². The van der Waals surface area contributed by atoms with Crippen molar-refractivity contribution in [1.82, 2.24) is 10.3 Å². The molecule has 1 saturated heterocycles. The molecule has 1 aliphatic rings. The zero-order chi connectivity index (χ0) is 15.2. The van der Waals surface area contributed by atoms with Crippen molar-refractivity contribution in [2.75, 3.05) is 24.6 Å². The molecule has 1 unspecified atom stereocenters. The normalized spacial score (nSPS) is 18.8. The molecular formula is C15H25N3O3. The number of rotatable bonds is 6.